The Balaban J connectivity index is 1.29. The number of fused-ring (bicyclic) bond motifs is 1. The molecule has 0 spiro atoms. The molecule has 5 rings (SSSR count). The van der Waals surface area contributed by atoms with Crippen LogP contribution in [0.25, 0.3) is 5.82 Å². The van der Waals surface area contributed by atoms with Crippen LogP contribution in [0.5, 0.6) is 0 Å². The highest BCUT2D eigenvalue weighted by molar-refractivity contribution is 7.92. The van der Waals surface area contributed by atoms with Crippen LogP contribution in [0.3, 0.4) is 0 Å². The SMILES string of the molecule is NC1=c2ccoc2=NCN1c1ccc(NS(=O)(=O)c2ccc(N=Nc3ccccc3)cc2)cc1. The fourth-order valence-electron chi connectivity index (χ4n) is 3.42. The molecule has 0 unspecified atom stereocenters. The number of azo groups is 1. The summed E-state index contributed by atoms with van der Waals surface area (Å²) in [7, 11) is -3.77. The van der Waals surface area contributed by atoms with Crippen molar-refractivity contribution in [3.05, 3.63) is 102 Å². The molecule has 0 atom stereocenters. The smallest absolute Gasteiger partial charge is 0.261 e. The lowest BCUT2D eigenvalue weighted by atomic mass is 10.2. The Morgan fingerprint density at radius 1 is 0.882 bits per heavy atom. The lowest BCUT2D eigenvalue weighted by Crippen LogP contribution is -2.42. The molecule has 34 heavy (non-hydrogen) atoms. The van der Waals surface area contributed by atoms with Crippen LogP contribution >= 0.6 is 0 Å². The highest BCUT2D eigenvalue weighted by Gasteiger charge is 2.17. The molecule has 10 heteroatoms. The van der Waals surface area contributed by atoms with Gasteiger partial charge in [-0.25, -0.2) is 13.4 Å². The Labute approximate surface area is 195 Å². The van der Waals surface area contributed by atoms with Gasteiger partial charge >= 0.3 is 0 Å². The zero-order valence-corrected chi connectivity index (χ0v) is 18.7. The summed E-state index contributed by atoms with van der Waals surface area (Å²) in [6.45, 7) is 0.311. The largest absolute Gasteiger partial charge is 0.446 e. The van der Waals surface area contributed by atoms with Gasteiger partial charge in [0.25, 0.3) is 10.0 Å². The van der Waals surface area contributed by atoms with Crippen LogP contribution in [0.1, 0.15) is 0 Å². The molecule has 0 saturated heterocycles. The molecule has 3 N–H and O–H groups in total. The topological polar surface area (TPSA) is 126 Å². The van der Waals surface area contributed by atoms with E-state index in [1.807, 2.05) is 35.2 Å². The predicted octanol–water partition coefficient (Wildman–Crippen LogP) is 3.62. The second kappa shape index (κ2) is 8.83. The third-order valence-electron chi connectivity index (χ3n) is 5.18. The molecule has 4 aromatic rings. The van der Waals surface area contributed by atoms with E-state index in [-0.39, 0.29) is 4.90 Å². The van der Waals surface area contributed by atoms with E-state index in [1.165, 1.54) is 12.1 Å². The molecule has 0 saturated carbocycles. The van der Waals surface area contributed by atoms with Gasteiger partial charge in [0, 0.05) is 11.4 Å². The molecule has 3 aromatic carbocycles. The van der Waals surface area contributed by atoms with E-state index >= 15 is 0 Å². The van der Waals surface area contributed by atoms with Gasteiger partial charge in [0.15, 0.2) is 0 Å². The first-order valence-corrected chi connectivity index (χ1v) is 11.8. The van der Waals surface area contributed by atoms with E-state index in [0.717, 1.165) is 10.9 Å². The second-order valence-corrected chi connectivity index (χ2v) is 9.12. The molecule has 2 heterocycles. The number of nitrogens with one attached hydrogen (secondary N) is 1. The highest BCUT2D eigenvalue weighted by Crippen LogP contribution is 2.24. The minimum absolute atomic E-state index is 0.120. The van der Waals surface area contributed by atoms with Gasteiger partial charge in [0.05, 0.1) is 27.8 Å². The number of nitrogens with two attached hydrogens (primary N) is 1. The Kier molecular flexibility index (Phi) is 5.56. The standard InChI is InChI=1S/C24H20N6O3S/c25-23-22-14-15-33-24(22)26-16-30(23)20-10-6-19(7-11-20)29-34(31,32)21-12-8-18(9-13-21)28-27-17-4-2-1-3-5-17/h1-15,29H,16,25H2. The Morgan fingerprint density at radius 3 is 2.26 bits per heavy atom. The summed E-state index contributed by atoms with van der Waals surface area (Å²) < 4.78 is 33.5. The molecule has 0 amide bonds. The maximum atomic E-state index is 12.8. The number of sulfonamides is 1. The third-order valence-corrected chi connectivity index (χ3v) is 6.58. The van der Waals surface area contributed by atoms with Crippen molar-refractivity contribution in [3.8, 4) is 0 Å². The van der Waals surface area contributed by atoms with E-state index in [2.05, 4.69) is 19.9 Å². The van der Waals surface area contributed by atoms with E-state index in [0.29, 0.717) is 35.1 Å². The summed E-state index contributed by atoms with van der Waals surface area (Å²) in [4.78, 5) is 6.29. The van der Waals surface area contributed by atoms with E-state index < -0.39 is 10.0 Å². The number of hydrogen-bond acceptors (Lipinski definition) is 8. The molecule has 9 nitrogen and oxygen atoms in total. The van der Waals surface area contributed by atoms with Crippen molar-refractivity contribution in [1.82, 2.24) is 0 Å². The normalized spacial score (nSPS) is 13.5. The monoisotopic (exact) mass is 472 g/mol. The number of nitrogens with zero attached hydrogens (tertiary/aromatic N) is 4. The number of furan rings is 1. The minimum Gasteiger partial charge on any atom is -0.446 e. The molecule has 1 aliphatic heterocycles. The van der Waals surface area contributed by atoms with Crippen LogP contribution < -0.4 is 26.1 Å². The maximum Gasteiger partial charge on any atom is 0.261 e. The number of anilines is 2. The zero-order chi connectivity index (χ0) is 23.5. The lowest BCUT2D eigenvalue weighted by molar-refractivity contribution is 0.500. The first kappa shape index (κ1) is 21.4. The maximum absolute atomic E-state index is 12.8. The molecule has 0 aliphatic carbocycles. The number of rotatable bonds is 6. The average Bonchev–Trinajstić information content (AvgIpc) is 3.34. The molecule has 0 bridgehead atoms. The third kappa shape index (κ3) is 4.39. The molecule has 0 radical (unpaired) electrons. The van der Waals surface area contributed by atoms with Gasteiger partial charge in [0.1, 0.15) is 12.5 Å². The van der Waals surface area contributed by atoms with Crippen molar-refractivity contribution >= 4 is 38.6 Å². The second-order valence-electron chi connectivity index (χ2n) is 7.43. The van der Waals surface area contributed by atoms with Gasteiger partial charge in [-0.2, -0.15) is 10.2 Å². The lowest BCUT2D eigenvalue weighted by Gasteiger charge is -2.24. The van der Waals surface area contributed by atoms with Crippen molar-refractivity contribution in [2.24, 2.45) is 21.0 Å². The first-order chi connectivity index (χ1) is 16.5. The summed E-state index contributed by atoms with van der Waals surface area (Å²) in [6, 6.07) is 24.1. The van der Waals surface area contributed by atoms with Crippen molar-refractivity contribution in [2.45, 2.75) is 4.90 Å². The van der Waals surface area contributed by atoms with Gasteiger partial charge in [-0.15, -0.1) is 0 Å². The van der Waals surface area contributed by atoms with E-state index in [1.54, 1.807) is 48.7 Å². The summed E-state index contributed by atoms with van der Waals surface area (Å²) in [5.74, 6) is 0.525. The number of hydrogen-bond donors (Lipinski definition) is 2. The number of benzene rings is 3. The van der Waals surface area contributed by atoms with Crippen LogP contribution in [0.2, 0.25) is 0 Å². The molecule has 170 valence electrons. The van der Waals surface area contributed by atoms with Crippen molar-refractivity contribution < 1.29 is 12.8 Å². The summed E-state index contributed by atoms with van der Waals surface area (Å²) >= 11 is 0. The Morgan fingerprint density at radius 2 is 1.56 bits per heavy atom. The fourth-order valence-corrected chi connectivity index (χ4v) is 4.48. The molecular weight excluding hydrogens is 452 g/mol. The Bertz CT molecular complexity index is 1560. The van der Waals surface area contributed by atoms with E-state index in [4.69, 9.17) is 10.2 Å². The van der Waals surface area contributed by atoms with Crippen molar-refractivity contribution in [1.29, 1.82) is 0 Å². The van der Waals surface area contributed by atoms with E-state index in [9.17, 15) is 8.42 Å². The highest BCUT2D eigenvalue weighted by atomic mass is 32.2. The predicted molar refractivity (Wildman–Crippen MR) is 129 cm³/mol. The van der Waals surface area contributed by atoms with Gasteiger partial charge < -0.3 is 15.1 Å². The minimum atomic E-state index is -3.77. The zero-order valence-electron chi connectivity index (χ0n) is 17.9. The summed E-state index contributed by atoms with van der Waals surface area (Å²) in [5, 5.41) is 8.99. The fraction of sp³-hybridized carbons (Fsp3) is 0.0417. The van der Waals surface area contributed by atoms with Gasteiger partial charge in [-0.1, -0.05) is 18.2 Å². The van der Waals surface area contributed by atoms with Gasteiger partial charge in [0.2, 0.25) is 5.55 Å². The van der Waals surface area contributed by atoms with Crippen LogP contribution in [-0.4, -0.2) is 15.1 Å². The quantitative estimate of drug-likeness (QED) is 0.415. The average molecular weight is 473 g/mol. The molecular formula is C24H20N6O3S. The summed E-state index contributed by atoms with van der Waals surface area (Å²) in [6.07, 6.45) is 1.54. The molecule has 0 fully saturated rings. The van der Waals surface area contributed by atoms with Crippen LogP contribution in [0, 0.1) is 0 Å². The van der Waals surface area contributed by atoms with Gasteiger partial charge in [-0.05, 0) is 66.7 Å². The van der Waals surface area contributed by atoms with Crippen molar-refractivity contribution in [2.75, 3.05) is 16.3 Å². The van der Waals surface area contributed by atoms with Gasteiger partial charge in [-0.3, -0.25) is 4.72 Å². The summed E-state index contributed by atoms with van der Waals surface area (Å²) in [5.41, 5.74) is 9.22. The van der Waals surface area contributed by atoms with Crippen LogP contribution in [0.15, 0.2) is 116 Å². The van der Waals surface area contributed by atoms with Crippen LogP contribution in [-0.2, 0) is 10.0 Å². The van der Waals surface area contributed by atoms with Crippen LogP contribution in [0.4, 0.5) is 22.7 Å². The Hall–Kier alpha value is -4.44. The first-order valence-electron chi connectivity index (χ1n) is 10.3. The molecule has 1 aromatic heterocycles. The van der Waals surface area contributed by atoms with Crippen molar-refractivity contribution in [3.63, 3.8) is 0 Å². The molecule has 1 aliphatic rings.